The number of nitrogens with two attached hydrogens (primary N) is 1. The van der Waals surface area contributed by atoms with E-state index in [9.17, 15) is 13.2 Å². The molecule has 2 aromatic carbocycles. The van der Waals surface area contributed by atoms with Crippen LogP contribution in [0.2, 0.25) is 0 Å². The fraction of sp³-hybridized carbons (Fsp3) is 0.292. The highest BCUT2D eigenvalue weighted by Gasteiger charge is 2.23. The molecule has 14 heteroatoms. The molecule has 0 radical (unpaired) electrons. The Balaban J connectivity index is 1.40. The maximum atomic E-state index is 12.7. The van der Waals surface area contributed by atoms with Crippen LogP contribution in [0, 0.1) is 0 Å². The Kier molecular flexibility index (Phi) is 8.02. The van der Waals surface area contributed by atoms with Gasteiger partial charge >= 0.3 is 16.3 Å². The van der Waals surface area contributed by atoms with Gasteiger partial charge in [0.2, 0.25) is 11.7 Å². The number of methoxy groups -OCH3 is 3. The number of amides is 2. The predicted octanol–water partition coefficient (Wildman–Crippen LogP) is 2.11. The van der Waals surface area contributed by atoms with Gasteiger partial charge in [-0.2, -0.15) is 13.6 Å². The van der Waals surface area contributed by atoms with Crippen molar-refractivity contribution in [3.8, 4) is 34.3 Å². The van der Waals surface area contributed by atoms with Crippen LogP contribution in [-0.4, -0.2) is 76.8 Å². The highest BCUT2D eigenvalue weighted by atomic mass is 32.2. The molecular weight excluding hydrogens is 516 g/mol. The van der Waals surface area contributed by atoms with E-state index in [1.165, 1.54) is 24.3 Å². The van der Waals surface area contributed by atoms with Crippen LogP contribution in [-0.2, 0) is 10.3 Å². The number of piperazine rings is 1. The Hall–Kier alpha value is -4.30. The normalized spacial score (nSPS) is 13.6. The van der Waals surface area contributed by atoms with Crippen molar-refractivity contribution in [3.63, 3.8) is 0 Å². The Morgan fingerprint density at radius 3 is 2.13 bits per heavy atom. The van der Waals surface area contributed by atoms with E-state index in [4.69, 9.17) is 24.3 Å². The van der Waals surface area contributed by atoms with Crippen LogP contribution < -0.4 is 33.7 Å². The molecule has 0 bridgehead atoms. The summed E-state index contributed by atoms with van der Waals surface area (Å²) in [5, 5.41) is 7.64. The first-order valence-corrected chi connectivity index (χ1v) is 12.9. The maximum absolute atomic E-state index is 12.7. The largest absolute Gasteiger partial charge is 0.493 e. The third kappa shape index (κ3) is 6.33. The zero-order valence-corrected chi connectivity index (χ0v) is 21.9. The molecule has 0 aliphatic carbocycles. The first-order valence-electron chi connectivity index (χ1n) is 11.5. The molecule has 4 rings (SSSR count). The molecule has 0 saturated carbocycles. The van der Waals surface area contributed by atoms with Gasteiger partial charge in [0, 0.05) is 43.6 Å². The summed E-state index contributed by atoms with van der Waals surface area (Å²) in [5.74, 6) is 2.13. The van der Waals surface area contributed by atoms with E-state index in [1.54, 1.807) is 38.5 Å². The van der Waals surface area contributed by atoms with Crippen molar-refractivity contribution in [2.75, 3.05) is 57.7 Å². The average molecular weight is 545 g/mol. The van der Waals surface area contributed by atoms with Crippen LogP contribution in [0.15, 0.2) is 48.7 Å². The number of rotatable bonds is 8. The quantitative estimate of drug-likeness (QED) is 0.430. The zero-order valence-electron chi connectivity index (χ0n) is 21.1. The third-order valence-electron chi connectivity index (χ3n) is 5.77. The maximum Gasteiger partial charge on any atom is 0.380 e. The fourth-order valence-electron chi connectivity index (χ4n) is 3.93. The van der Waals surface area contributed by atoms with E-state index < -0.39 is 10.3 Å². The average Bonchev–Trinajstić information content (AvgIpc) is 2.92. The minimum Gasteiger partial charge on any atom is -0.493 e. The first-order chi connectivity index (χ1) is 18.2. The van der Waals surface area contributed by atoms with E-state index in [1.807, 2.05) is 17.0 Å². The molecule has 0 atom stereocenters. The number of hydrogen-bond acceptors (Lipinski definition) is 10. The summed E-state index contributed by atoms with van der Waals surface area (Å²) in [6.45, 7) is 1.98. The molecule has 1 aromatic heterocycles. The van der Waals surface area contributed by atoms with Crippen molar-refractivity contribution in [1.82, 2.24) is 14.9 Å². The Morgan fingerprint density at radius 1 is 0.947 bits per heavy atom. The monoisotopic (exact) mass is 544 g/mol. The highest BCUT2D eigenvalue weighted by molar-refractivity contribution is 7.84. The molecule has 2 heterocycles. The predicted molar refractivity (Wildman–Crippen MR) is 140 cm³/mol. The van der Waals surface area contributed by atoms with Gasteiger partial charge in [0.05, 0.1) is 27.0 Å². The summed E-state index contributed by atoms with van der Waals surface area (Å²) in [4.78, 5) is 25.5. The summed E-state index contributed by atoms with van der Waals surface area (Å²) >= 11 is 0. The second-order valence-corrected chi connectivity index (χ2v) is 9.31. The lowest BCUT2D eigenvalue weighted by Crippen LogP contribution is -2.50. The number of urea groups is 1. The van der Waals surface area contributed by atoms with E-state index in [0.29, 0.717) is 60.8 Å². The Bertz CT molecular complexity index is 1370. The van der Waals surface area contributed by atoms with Gasteiger partial charge in [0.15, 0.2) is 11.5 Å². The molecule has 1 aliphatic rings. The van der Waals surface area contributed by atoms with Crippen LogP contribution in [0.5, 0.6) is 23.0 Å². The molecule has 13 nitrogen and oxygen atoms in total. The molecule has 2 amide bonds. The summed E-state index contributed by atoms with van der Waals surface area (Å²) in [7, 11) is 0.545. The van der Waals surface area contributed by atoms with Crippen molar-refractivity contribution < 1.29 is 31.6 Å². The van der Waals surface area contributed by atoms with Crippen molar-refractivity contribution in [3.05, 3.63) is 48.7 Å². The zero-order chi connectivity index (χ0) is 27.3. The lowest BCUT2D eigenvalue weighted by atomic mass is 10.1. The number of carbonyl (C=O) groups excluding carboxylic acids is 1. The standard InChI is InChI=1S/C24H28N6O7S/c1-34-20-14-16(15-21(35-2)22(20)36-3)19-8-9-26-23(28-19)29-10-12-30(13-11-29)24(31)27-17-4-6-18(7-5-17)37-38(25,32)33/h4-9,14-15H,10-13H2,1-3H3,(H,27,31)(H2,25,32,33). The Labute approximate surface area is 220 Å². The number of carbonyl (C=O) groups is 1. The van der Waals surface area contributed by atoms with Gasteiger partial charge in [-0.1, -0.05) is 0 Å². The number of ether oxygens (including phenoxy) is 3. The number of hydrogen-bond donors (Lipinski definition) is 2. The summed E-state index contributed by atoms with van der Waals surface area (Å²) < 4.78 is 42.9. The lowest BCUT2D eigenvalue weighted by Gasteiger charge is -2.34. The van der Waals surface area contributed by atoms with Gasteiger partial charge < -0.3 is 33.5 Å². The van der Waals surface area contributed by atoms with Gasteiger partial charge in [-0.25, -0.2) is 14.8 Å². The number of aromatic nitrogens is 2. The minimum atomic E-state index is -4.11. The molecule has 1 fully saturated rings. The smallest absolute Gasteiger partial charge is 0.380 e. The van der Waals surface area contributed by atoms with Gasteiger partial charge in [-0.05, 0) is 42.5 Å². The van der Waals surface area contributed by atoms with Gasteiger partial charge in [-0.3, -0.25) is 0 Å². The third-order valence-corrected chi connectivity index (χ3v) is 6.20. The SMILES string of the molecule is COc1cc(-c2ccnc(N3CCN(C(=O)Nc4ccc(OS(N)(=O)=O)cc4)CC3)n2)cc(OC)c1OC. The van der Waals surface area contributed by atoms with Gasteiger partial charge in [-0.15, -0.1) is 0 Å². The van der Waals surface area contributed by atoms with E-state index >= 15 is 0 Å². The molecule has 1 aliphatic heterocycles. The number of nitrogens with one attached hydrogen (secondary N) is 1. The summed E-state index contributed by atoms with van der Waals surface area (Å²) in [6, 6.07) is 11.0. The number of anilines is 2. The number of nitrogens with zero attached hydrogens (tertiary/aromatic N) is 4. The van der Waals surface area contributed by atoms with Crippen molar-refractivity contribution in [2.24, 2.45) is 5.14 Å². The van der Waals surface area contributed by atoms with E-state index in [-0.39, 0.29) is 11.8 Å². The first kappa shape index (κ1) is 26.8. The minimum absolute atomic E-state index is 0.0490. The molecule has 202 valence electrons. The topological polar surface area (TPSA) is 158 Å². The van der Waals surface area contributed by atoms with Crippen LogP contribution in [0.4, 0.5) is 16.4 Å². The van der Waals surface area contributed by atoms with Gasteiger partial charge in [0.1, 0.15) is 5.75 Å². The second kappa shape index (κ2) is 11.4. The summed E-state index contributed by atoms with van der Waals surface area (Å²) in [5.41, 5.74) is 1.95. The second-order valence-electron chi connectivity index (χ2n) is 8.16. The van der Waals surface area contributed by atoms with Gasteiger partial charge in [0.25, 0.3) is 0 Å². The fourth-order valence-corrected chi connectivity index (χ4v) is 4.31. The molecule has 0 spiro atoms. The molecular formula is C24H28N6O7S. The van der Waals surface area contributed by atoms with E-state index in [2.05, 4.69) is 14.5 Å². The van der Waals surface area contributed by atoms with Crippen molar-refractivity contribution >= 4 is 28.0 Å². The molecule has 3 N–H and O–H groups in total. The summed E-state index contributed by atoms with van der Waals surface area (Å²) in [6.07, 6.45) is 1.68. The molecule has 38 heavy (non-hydrogen) atoms. The van der Waals surface area contributed by atoms with E-state index in [0.717, 1.165) is 5.56 Å². The Morgan fingerprint density at radius 2 is 1.58 bits per heavy atom. The van der Waals surface area contributed by atoms with Crippen molar-refractivity contribution in [2.45, 2.75) is 0 Å². The molecule has 0 unspecified atom stereocenters. The van der Waals surface area contributed by atoms with Crippen LogP contribution in [0.1, 0.15) is 0 Å². The number of benzene rings is 2. The molecule has 1 saturated heterocycles. The molecule has 3 aromatic rings. The highest BCUT2D eigenvalue weighted by Crippen LogP contribution is 2.40. The van der Waals surface area contributed by atoms with Crippen LogP contribution in [0.3, 0.4) is 0 Å². The lowest BCUT2D eigenvalue weighted by molar-refractivity contribution is 0.208. The van der Waals surface area contributed by atoms with Crippen molar-refractivity contribution in [1.29, 1.82) is 0 Å². The van der Waals surface area contributed by atoms with Crippen LogP contribution in [0.25, 0.3) is 11.3 Å². The van der Waals surface area contributed by atoms with Crippen LogP contribution >= 0.6 is 0 Å².